The molecule has 7 nitrogen and oxygen atoms in total. The van der Waals surface area contributed by atoms with Gasteiger partial charge in [-0.1, -0.05) is 6.92 Å². The minimum Gasteiger partial charge on any atom is -0.365 e. The molecule has 0 amide bonds. The van der Waals surface area contributed by atoms with Crippen LogP contribution in [0.5, 0.6) is 0 Å². The predicted octanol–water partition coefficient (Wildman–Crippen LogP) is 2.32. The first-order valence-electron chi connectivity index (χ1n) is 10.1. The number of aromatic nitrogens is 2. The number of alkyl halides is 3. The normalized spacial score (nSPS) is 36.5. The molecule has 0 spiro atoms. The lowest BCUT2D eigenvalue weighted by Crippen LogP contribution is -2.38. The molecule has 5 rings (SSSR count). The SMILES string of the molecule is C[C@@H]1C[C@H](N(C)S(=O)(=O)CCC(F)(F)F)C[C@@H]1c1cnc2n1C13C=CNC1(C3)N=C2. The summed E-state index contributed by atoms with van der Waals surface area (Å²) < 4.78 is 65.9. The lowest BCUT2D eigenvalue weighted by Gasteiger charge is -2.27. The molecule has 4 aliphatic rings. The van der Waals surface area contributed by atoms with E-state index in [1.807, 2.05) is 12.4 Å². The Morgan fingerprint density at radius 3 is 2.87 bits per heavy atom. The van der Waals surface area contributed by atoms with Gasteiger partial charge in [-0.25, -0.2) is 17.7 Å². The van der Waals surface area contributed by atoms with Crippen LogP contribution in [0, 0.1) is 5.92 Å². The minimum absolute atomic E-state index is 0.0738. The van der Waals surface area contributed by atoms with E-state index in [0.29, 0.717) is 12.8 Å². The molecule has 2 aliphatic heterocycles. The van der Waals surface area contributed by atoms with Crippen molar-refractivity contribution in [2.24, 2.45) is 10.9 Å². The van der Waals surface area contributed by atoms with Crippen LogP contribution in [0.3, 0.4) is 0 Å². The second-order valence-corrected chi connectivity index (χ2v) is 11.1. The molecule has 0 aromatic carbocycles. The molecule has 1 N–H and O–H groups in total. The number of nitrogens with zero attached hydrogens (tertiary/aromatic N) is 4. The Hall–Kier alpha value is -1.88. The maximum absolute atomic E-state index is 12.5. The van der Waals surface area contributed by atoms with E-state index in [9.17, 15) is 21.6 Å². The van der Waals surface area contributed by atoms with Gasteiger partial charge in [-0.2, -0.15) is 13.2 Å². The molecule has 5 atom stereocenters. The van der Waals surface area contributed by atoms with E-state index in [0.717, 1.165) is 22.2 Å². The number of nitrogens with one attached hydrogen (secondary N) is 1. The lowest BCUT2D eigenvalue weighted by atomic mass is 9.94. The minimum atomic E-state index is -4.49. The van der Waals surface area contributed by atoms with Crippen molar-refractivity contribution in [3.63, 3.8) is 0 Å². The zero-order valence-corrected chi connectivity index (χ0v) is 17.5. The summed E-state index contributed by atoms with van der Waals surface area (Å²) in [6.45, 7) is 2.07. The molecule has 11 heteroatoms. The smallest absolute Gasteiger partial charge is 0.365 e. The molecule has 2 unspecified atom stereocenters. The number of aliphatic imine (C=N–C) groups is 1. The summed E-state index contributed by atoms with van der Waals surface area (Å²) in [7, 11) is -2.58. The van der Waals surface area contributed by atoms with Crippen LogP contribution in [-0.4, -0.2) is 59.2 Å². The van der Waals surface area contributed by atoms with Crippen molar-refractivity contribution in [1.82, 2.24) is 19.2 Å². The third-order valence-corrected chi connectivity index (χ3v) is 9.14. The molecule has 2 aliphatic carbocycles. The van der Waals surface area contributed by atoms with Crippen molar-refractivity contribution >= 4 is 16.2 Å². The summed E-state index contributed by atoms with van der Waals surface area (Å²) >= 11 is 0. The third-order valence-electron chi connectivity index (χ3n) is 7.25. The monoisotopic (exact) mass is 443 g/mol. The first-order valence-corrected chi connectivity index (χ1v) is 11.7. The number of imidazole rings is 1. The fraction of sp³-hybridized carbons (Fsp3) is 0.684. The largest absolute Gasteiger partial charge is 0.390 e. The highest BCUT2D eigenvalue weighted by Crippen LogP contribution is 2.62. The average Bonchev–Trinajstić information content (AvgIpc) is 3.03. The van der Waals surface area contributed by atoms with E-state index in [1.54, 1.807) is 6.21 Å². The van der Waals surface area contributed by atoms with Crippen molar-refractivity contribution in [3.8, 4) is 0 Å². The van der Waals surface area contributed by atoms with Crippen LogP contribution >= 0.6 is 0 Å². The number of fused-ring (bicyclic) bond motifs is 1. The molecule has 164 valence electrons. The first kappa shape index (κ1) is 20.0. The third kappa shape index (κ3) is 2.77. The number of rotatable bonds is 5. The zero-order valence-electron chi connectivity index (χ0n) is 16.7. The highest BCUT2D eigenvalue weighted by molar-refractivity contribution is 7.89. The number of halogens is 3. The van der Waals surface area contributed by atoms with Gasteiger partial charge in [0.15, 0.2) is 11.5 Å². The number of hydrogen-bond donors (Lipinski definition) is 1. The molecule has 0 radical (unpaired) electrons. The van der Waals surface area contributed by atoms with Gasteiger partial charge in [0, 0.05) is 37.3 Å². The van der Waals surface area contributed by atoms with Crippen molar-refractivity contribution < 1.29 is 21.6 Å². The molecule has 0 bridgehead atoms. The first-order chi connectivity index (χ1) is 14.0. The van der Waals surface area contributed by atoms with Crippen LogP contribution in [0.4, 0.5) is 13.2 Å². The molecule has 30 heavy (non-hydrogen) atoms. The van der Waals surface area contributed by atoms with E-state index in [1.165, 1.54) is 7.05 Å². The summed E-state index contributed by atoms with van der Waals surface area (Å²) in [4.78, 5) is 9.18. The maximum Gasteiger partial charge on any atom is 0.390 e. The zero-order chi connectivity index (χ0) is 21.5. The molecule has 3 heterocycles. The molecule has 1 aromatic heterocycles. The molecule has 0 saturated heterocycles. The molecule has 2 saturated carbocycles. The summed E-state index contributed by atoms with van der Waals surface area (Å²) in [5.74, 6) is 0.124. The lowest BCUT2D eigenvalue weighted by molar-refractivity contribution is -0.130. The highest BCUT2D eigenvalue weighted by Gasteiger charge is 2.73. The molecular weight excluding hydrogens is 419 g/mol. The van der Waals surface area contributed by atoms with Gasteiger partial charge in [-0.3, -0.25) is 4.99 Å². The van der Waals surface area contributed by atoms with Crippen molar-refractivity contribution in [3.05, 3.63) is 30.0 Å². The Labute approximate surface area is 173 Å². The standard InChI is InChI=1S/C19H24F3N5O2S/c1-12-7-13(26(2)30(28,29)6-4-19(20,21)22)8-14(12)15-9-23-16-10-25-18-11-17(18,27(15)16)3-5-24-18/h3,5,9-10,12-14,24H,4,6-8,11H2,1-2H3/t12-,13+,14+,17?,18?/m1/s1. The Bertz CT molecular complexity index is 1050. The van der Waals surface area contributed by atoms with Crippen molar-refractivity contribution in [2.45, 2.75) is 61.9 Å². The maximum atomic E-state index is 12.5. The highest BCUT2D eigenvalue weighted by atomic mass is 32.2. The van der Waals surface area contributed by atoms with Gasteiger partial charge in [0.1, 0.15) is 5.54 Å². The summed E-state index contributed by atoms with van der Waals surface area (Å²) in [6, 6.07) is -0.328. The molecule has 1 aromatic rings. The van der Waals surface area contributed by atoms with Gasteiger partial charge in [-0.15, -0.1) is 0 Å². The van der Waals surface area contributed by atoms with Crippen LogP contribution < -0.4 is 5.32 Å². The van der Waals surface area contributed by atoms with E-state index >= 15 is 0 Å². The van der Waals surface area contributed by atoms with E-state index < -0.39 is 28.4 Å². The van der Waals surface area contributed by atoms with Crippen LogP contribution in [0.2, 0.25) is 0 Å². The summed E-state index contributed by atoms with van der Waals surface area (Å²) in [5.41, 5.74) is 0.447. The van der Waals surface area contributed by atoms with E-state index in [2.05, 4.69) is 32.9 Å². The Morgan fingerprint density at radius 1 is 1.37 bits per heavy atom. The second-order valence-electron chi connectivity index (χ2n) is 8.98. The second kappa shape index (κ2) is 6.09. The Morgan fingerprint density at radius 2 is 2.13 bits per heavy atom. The molecule has 2 fully saturated rings. The van der Waals surface area contributed by atoms with Gasteiger partial charge in [0.05, 0.1) is 18.4 Å². The van der Waals surface area contributed by atoms with Crippen LogP contribution in [0.1, 0.15) is 50.0 Å². The van der Waals surface area contributed by atoms with Crippen LogP contribution in [0.25, 0.3) is 0 Å². The van der Waals surface area contributed by atoms with Crippen molar-refractivity contribution in [1.29, 1.82) is 0 Å². The average molecular weight is 443 g/mol. The predicted molar refractivity (Wildman–Crippen MR) is 105 cm³/mol. The quantitative estimate of drug-likeness (QED) is 0.758. The van der Waals surface area contributed by atoms with Gasteiger partial charge in [0.2, 0.25) is 10.0 Å². The topological polar surface area (TPSA) is 79.6 Å². The van der Waals surface area contributed by atoms with Gasteiger partial charge >= 0.3 is 6.18 Å². The summed E-state index contributed by atoms with van der Waals surface area (Å²) in [6.07, 6.45) is 3.85. The van der Waals surface area contributed by atoms with Crippen LogP contribution in [0.15, 0.2) is 23.5 Å². The fourth-order valence-corrected chi connectivity index (χ4v) is 6.85. The van der Waals surface area contributed by atoms with Gasteiger partial charge in [0.25, 0.3) is 0 Å². The van der Waals surface area contributed by atoms with Crippen molar-refractivity contribution in [2.75, 3.05) is 12.8 Å². The number of sulfonamides is 1. The van der Waals surface area contributed by atoms with E-state index in [4.69, 9.17) is 0 Å². The molecular formula is C19H24F3N5O2S. The fourth-order valence-electron chi connectivity index (χ4n) is 5.44. The Balaban J connectivity index is 1.38. The Kier molecular flexibility index (Phi) is 4.07. The number of hydrogen-bond acceptors (Lipinski definition) is 5. The van der Waals surface area contributed by atoms with Crippen LogP contribution in [-0.2, 0) is 15.6 Å². The summed E-state index contributed by atoms with van der Waals surface area (Å²) in [5, 5.41) is 3.33. The van der Waals surface area contributed by atoms with Gasteiger partial charge < -0.3 is 9.88 Å². The van der Waals surface area contributed by atoms with Gasteiger partial charge in [-0.05, 0) is 31.0 Å². The van der Waals surface area contributed by atoms with E-state index in [-0.39, 0.29) is 29.1 Å².